The number of aromatic nitrogens is 2. The van der Waals surface area contributed by atoms with Gasteiger partial charge in [0.15, 0.2) is 5.78 Å². The van der Waals surface area contributed by atoms with Gasteiger partial charge in [-0.05, 0) is 30.3 Å². The van der Waals surface area contributed by atoms with Gasteiger partial charge >= 0.3 is 5.97 Å². The van der Waals surface area contributed by atoms with Crippen LogP contribution in [0.5, 0.6) is 0 Å². The van der Waals surface area contributed by atoms with Crippen molar-refractivity contribution in [2.75, 3.05) is 38.3 Å². The number of ketones is 1. The topological polar surface area (TPSA) is 73.7 Å². The van der Waals surface area contributed by atoms with E-state index in [0.29, 0.717) is 5.56 Å². The highest BCUT2D eigenvalue weighted by Gasteiger charge is 2.16. The predicted molar refractivity (Wildman–Crippen MR) is 87.4 cm³/mol. The molecule has 7 heteroatoms. The Labute approximate surface area is 139 Å². The van der Waals surface area contributed by atoms with Crippen molar-refractivity contribution in [3.05, 3.63) is 47.8 Å². The monoisotopic (exact) mass is 329 g/mol. The molecule has 0 amide bonds. The quantitative estimate of drug-likeness (QED) is 0.610. The summed E-state index contributed by atoms with van der Waals surface area (Å²) in [6.45, 7) is 3.13. The number of hydrogen-bond acceptors (Lipinski definition) is 6. The second kappa shape index (κ2) is 7.27. The number of carbonyl (C=O) groups excluding carboxylic acids is 2. The van der Waals surface area contributed by atoms with E-state index in [-0.39, 0.29) is 18.0 Å². The van der Waals surface area contributed by atoms with Gasteiger partial charge in [0.25, 0.3) is 0 Å². The van der Waals surface area contributed by atoms with E-state index in [1.165, 1.54) is 24.1 Å². The first kappa shape index (κ1) is 16.2. The molecule has 0 spiro atoms. The summed E-state index contributed by atoms with van der Waals surface area (Å²) in [6.07, 6.45) is 1.47. The first-order valence-corrected chi connectivity index (χ1v) is 7.75. The van der Waals surface area contributed by atoms with Gasteiger partial charge in [0, 0.05) is 30.5 Å². The highest BCUT2D eigenvalue weighted by atomic mass is 16.5. The molecule has 0 bridgehead atoms. The summed E-state index contributed by atoms with van der Waals surface area (Å²) in [6, 6.07) is 9.00. The van der Waals surface area contributed by atoms with Crippen LogP contribution in [0.2, 0.25) is 0 Å². The minimum atomic E-state index is -0.511. The fourth-order valence-electron chi connectivity index (χ4n) is 2.64. The number of esters is 1. The van der Waals surface area contributed by atoms with Crippen molar-refractivity contribution >= 4 is 17.4 Å². The molecular formula is C17H19N3O4. The van der Waals surface area contributed by atoms with Crippen molar-refractivity contribution in [1.82, 2.24) is 9.78 Å². The number of hydrogen-bond donors (Lipinski definition) is 0. The van der Waals surface area contributed by atoms with E-state index < -0.39 is 5.97 Å². The third kappa shape index (κ3) is 3.46. The van der Waals surface area contributed by atoms with E-state index in [0.717, 1.165) is 32.0 Å². The smallest absolute Gasteiger partial charge is 0.356 e. The normalized spacial score (nSPS) is 14.5. The maximum Gasteiger partial charge on any atom is 0.356 e. The molecular weight excluding hydrogens is 310 g/mol. The van der Waals surface area contributed by atoms with E-state index in [4.69, 9.17) is 4.74 Å². The second-order valence-corrected chi connectivity index (χ2v) is 5.44. The number of Topliss-reactive ketones (excluding diaryl/α,β-unsaturated/α-hetero) is 1. The Bertz CT molecular complexity index is 718. The summed E-state index contributed by atoms with van der Waals surface area (Å²) in [4.78, 5) is 26.3. The summed E-state index contributed by atoms with van der Waals surface area (Å²) >= 11 is 0. The zero-order valence-corrected chi connectivity index (χ0v) is 13.5. The highest BCUT2D eigenvalue weighted by Crippen LogP contribution is 2.17. The Balaban J connectivity index is 1.69. The summed E-state index contributed by atoms with van der Waals surface area (Å²) in [5.74, 6) is -0.625. The molecule has 0 N–H and O–H groups in total. The van der Waals surface area contributed by atoms with E-state index in [1.807, 2.05) is 12.1 Å². The van der Waals surface area contributed by atoms with E-state index in [2.05, 4.69) is 14.7 Å². The average molecular weight is 329 g/mol. The van der Waals surface area contributed by atoms with E-state index in [1.54, 1.807) is 12.1 Å². The lowest BCUT2D eigenvalue weighted by Crippen LogP contribution is -2.36. The molecule has 1 aromatic heterocycles. The number of carbonyl (C=O) groups is 2. The Kier molecular flexibility index (Phi) is 4.90. The van der Waals surface area contributed by atoms with Gasteiger partial charge in [-0.25, -0.2) is 4.79 Å². The molecule has 7 nitrogen and oxygen atoms in total. The van der Waals surface area contributed by atoms with Gasteiger partial charge in [-0.15, -0.1) is 0 Å². The number of anilines is 1. The Hall–Kier alpha value is -2.67. The van der Waals surface area contributed by atoms with Gasteiger partial charge in [0.2, 0.25) is 0 Å². The second-order valence-electron chi connectivity index (χ2n) is 5.44. The Morgan fingerprint density at radius 2 is 1.88 bits per heavy atom. The van der Waals surface area contributed by atoms with Crippen molar-refractivity contribution in [2.24, 2.45) is 0 Å². The van der Waals surface area contributed by atoms with Gasteiger partial charge < -0.3 is 14.4 Å². The number of rotatable bonds is 5. The summed E-state index contributed by atoms with van der Waals surface area (Å²) in [5.41, 5.74) is 1.92. The van der Waals surface area contributed by atoms with Crippen molar-refractivity contribution in [3.63, 3.8) is 0 Å². The zero-order chi connectivity index (χ0) is 16.9. The molecule has 126 valence electrons. The molecule has 0 radical (unpaired) electrons. The molecule has 2 heterocycles. The van der Waals surface area contributed by atoms with Crippen LogP contribution in [0, 0.1) is 0 Å². The van der Waals surface area contributed by atoms with Gasteiger partial charge in [-0.1, -0.05) is 0 Å². The lowest BCUT2D eigenvalue weighted by molar-refractivity contribution is 0.0586. The summed E-state index contributed by atoms with van der Waals surface area (Å²) in [5, 5.41) is 4.01. The molecule has 3 rings (SSSR count). The van der Waals surface area contributed by atoms with Crippen molar-refractivity contribution in [3.8, 4) is 0 Å². The first-order valence-electron chi connectivity index (χ1n) is 7.75. The fraction of sp³-hybridized carbons (Fsp3) is 0.353. The number of morpholine rings is 1. The van der Waals surface area contributed by atoms with Gasteiger partial charge in [-0.3, -0.25) is 9.48 Å². The van der Waals surface area contributed by atoms with Crippen molar-refractivity contribution in [2.45, 2.75) is 6.54 Å². The maximum absolute atomic E-state index is 12.4. The molecule has 0 atom stereocenters. The fourth-order valence-corrected chi connectivity index (χ4v) is 2.64. The van der Waals surface area contributed by atoms with Crippen LogP contribution in [0.4, 0.5) is 5.69 Å². The summed E-state index contributed by atoms with van der Waals surface area (Å²) in [7, 11) is 1.30. The van der Waals surface area contributed by atoms with Gasteiger partial charge in [0.1, 0.15) is 12.2 Å². The SMILES string of the molecule is COC(=O)c1ccnn1CC(=O)c1ccc(N2CCOCC2)cc1. The predicted octanol–water partition coefficient (Wildman–Crippen LogP) is 1.39. The molecule has 0 aliphatic carbocycles. The van der Waals surface area contributed by atoms with Crippen molar-refractivity contribution < 1.29 is 19.1 Å². The molecule has 24 heavy (non-hydrogen) atoms. The minimum Gasteiger partial charge on any atom is -0.464 e. The Morgan fingerprint density at radius 1 is 1.17 bits per heavy atom. The molecule has 0 unspecified atom stereocenters. The molecule has 0 saturated carbocycles. The zero-order valence-electron chi connectivity index (χ0n) is 13.5. The number of ether oxygens (including phenoxy) is 2. The van der Waals surface area contributed by atoms with Gasteiger partial charge in [0.05, 0.1) is 20.3 Å². The lowest BCUT2D eigenvalue weighted by Gasteiger charge is -2.28. The van der Waals surface area contributed by atoms with Gasteiger partial charge in [-0.2, -0.15) is 5.10 Å². The molecule has 1 aliphatic rings. The van der Waals surface area contributed by atoms with Crippen LogP contribution in [-0.4, -0.2) is 54.9 Å². The summed E-state index contributed by atoms with van der Waals surface area (Å²) < 4.78 is 11.4. The standard InChI is InChI=1S/C17H19N3O4/c1-23-17(22)15-6-7-18-20(15)12-16(21)13-2-4-14(5-3-13)19-8-10-24-11-9-19/h2-7H,8-12H2,1H3. The van der Waals surface area contributed by atoms with Crippen LogP contribution >= 0.6 is 0 Å². The van der Waals surface area contributed by atoms with Crippen LogP contribution < -0.4 is 4.90 Å². The number of benzene rings is 1. The highest BCUT2D eigenvalue weighted by molar-refractivity contribution is 5.97. The molecule has 1 aromatic carbocycles. The van der Waals surface area contributed by atoms with Crippen LogP contribution in [0.25, 0.3) is 0 Å². The molecule has 1 fully saturated rings. The maximum atomic E-state index is 12.4. The third-order valence-corrected chi connectivity index (χ3v) is 3.97. The lowest BCUT2D eigenvalue weighted by atomic mass is 10.1. The van der Waals surface area contributed by atoms with Crippen LogP contribution in [-0.2, 0) is 16.0 Å². The Morgan fingerprint density at radius 3 is 2.54 bits per heavy atom. The third-order valence-electron chi connectivity index (χ3n) is 3.97. The average Bonchev–Trinajstić information content (AvgIpc) is 3.10. The van der Waals surface area contributed by atoms with Crippen LogP contribution in [0.3, 0.4) is 0 Å². The first-order chi connectivity index (χ1) is 11.7. The minimum absolute atomic E-state index is 0.00562. The number of methoxy groups -OCH3 is 1. The van der Waals surface area contributed by atoms with Crippen molar-refractivity contribution in [1.29, 1.82) is 0 Å². The van der Waals surface area contributed by atoms with Crippen LogP contribution in [0.1, 0.15) is 20.8 Å². The molecule has 1 aliphatic heterocycles. The van der Waals surface area contributed by atoms with Crippen LogP contribution in [0.15, 0.2) is 36.5 Å². The van der Waals surface area contributed by atoms with E-state index >= 15 is 0 Å². The molecule has 2 aromatic rings. The molecule has 1 saturated heterocycles. The largest absolute Gasteiger partial charge is 0.464 e. The number of nitrogens with zero attached hydrogens (tertiary/aromatic N) is 3. The van der Waals surface area contributed by atoms with E-state index in [9.17, 15) is 9.59 Å².